The van der Waals surface area contributed by atoms with E-state index in [4.69, 9.17) is 0 Å². The van der Waals surface area contributed by atoms with Crippen LogP contribution in [0.1, 0.15) is 46.7 Å². The fourth-order valence-electron chi connectivity index (χ4n) is 4.55. The number of carbonyl (C=O) groups excluding carboxylic acids is 2. The molecule has 1 N–H and O–H groups in total. The summed E-state index contributed by atoms with van der Waals surface area (Å²) in [7, 11) is 0. The Morgan fingerprint density at radius 2 is 1.94 bits per heavy atom. The van der Waals surface area contributed by atoms with Gasteiger partial charge in [0.05, 0.1) is 11.4 Å². The Kier molecular flexibility index (Phi) is 5.69. The number of nitrogens with zero attached hydrogens (tertiary/aromatic N) is 4. The Morgan fingerprint density at radius 3 is 2.64 bits per heavy atom. The van der Waals surface area contributed by atoms with E-state index in [1.807, 2.05) is 12.3 Å². The van der Waals surface area contributed by atoms with E-state index in [1.54, 1.807) is 9.58 Å². The number of piperidine rings is 1. The highest BCUT2D eigenvalue weighted by molar-refractivity contribution is 7.13. The summed E-state index contributed by atoms with van der Waals surface area (Å²) in [6, 6.07) is 3.63. The number of benzene rings is 1. The molecule has 0 bridgehead atoms. The standard InChI is InChI=1S/C23H23F2N5O2S/c1-13-12-33-23(26-13)27-21(31)14-7-9-29(10-8-14)22(32)20-16-3-2-4-19(16)30(28-20)15-5-6-17(24)18(25)11-15/h5-6,11-12,14H,2-4,7-10H2,1H3,(H,26,27,31). The van der Waals surface area contributed by atoms with Gasteiger partial charge in [0.2, 0.25) is 5.91 Å². The lowest BCUT2D eigenvalue weighted by atomic mass is 9.95. The second kappa shape index (κ2) is 8.66. The minimum atomic E-state index is -0.948. The fourth-order valence-corrected chi connectivity index (χ4v) is 5.24. The third-order valence-corrected chi connectivity index (χ3v) is 7.16. The zero-order valence-electron chi connectivity index (χ0n) is 18.1. The second-order valence-electron chi connectivity index (χ2n) is 8.49. The van der Waals surface area contributed by atoms with Crippen LogP contribution >= 0.6 is 11.3 Å². The van der Waals surface area contributed by atoms with E-state index >= 15 is 0 Å². The maximum atomic E-state index is 13.8. The predicted molar refractivity (Wildman–Crippen MR) is 120 cm³/mol. The molecule has 0 atom stereocenters. The predicted octanol–water partition coefficient (Wildman–Crippen LogP) is 3.90. The first-order valence-corrected chi connectivity index (χ1v) is 11.9. The molecule has 0 saturated carbocycles. The van der Waals surface area contributed by atoms with Crippen molar-refractivity contribution in [2.45, 2.75) is 39.0 Å². The van der Waals surface area contributed by atoms with Crippen molar-refractivity contribution in [1.29, 1.82) is 0 Å². The highest BCUT2D eigenvalue weighted by Crippen LogP contribution is 2.30. The van der Waals surface area contributed by atoms with Crippen LogP contribution in [0.25, 0.3) is 5.69 Å². The van der Waals surface area contributed by atoms with Gasteiger partial charge >= 0.3 is 0 Å². The smallest absolute Gasteiger partial charge is 0.274 e. The lowest BCUT2D eigenvalue weighted by Crippen LogP contribution is -2.41. The third kappa shape index (κ3) is 4.15. The summed E-state index contributed by atoms with van der Waals surface area (Å²) >= 11 is 1.40. The van der Waals surface area contributed by atoms with Crippen LogP contribution in [0.3, 0.4) is 0 Å². The Morgan fingerprint density at radius 1 is 1.15 bits per heavy atom. The Bertz CT molecular complexity index is 1230. The summed E-state index contributed by atoms with van der Waals surface area (Å²) in [4.78, 5) is 31.9. The summed E-state index contributed by atoms with van der Waals surface area (Å²) in [5.74, 6) is -2.29. The van der Waals surface area contributed by atoms with Gasteiger partial charge in [-0.2, -0.15) is 5.10 Å². The number of hydrogen-bond acceptors (Lipinski definition) is 5. The summed E-state index contributed by atoms with van der Waals surface area (Å²) in [5, 5.41) is 9.85. The van der Waals surface area contributed by atoms with Gasteiger partial charge in [-0.25, -0.2) is 18.4 Å². The average molecular weight is 472 g/mol. The van der Waals surface area contributed by atoms with Gasteiger partial charge in [0.15, 0.2) is 22.5 Å². The number of rotatable bonds is 4. The number of hydrogen-bond donors (Lipinski definition) is 1. The van der Waals surface area contributed by atoms with Gasteiger partial charge in [-0.1, -0.05) is 0 Å². The molecular formula is C23H23F2N5O2S. The number of nitrogens with one attached hydrogen (secondary N) is 1. The highest BCUT2D eigenvalue weighted by Gasteiger charge is 2.33. The van der Waals surface area contributed by atoms with Crippen LogP contribution in [0.5, 0.6) is 0 Å². The molecule has 33 heavy (non-hydrogen) atoms. The van der Waals surface area contributed by atoms with E-state index in [9.17, 15) is 18.4 Å². The molecule has 1 aliphatic heterocycles. The van der Waals surface area contributed by atoms with Crippen LogP contribution in [0, 0.1) is 24.5 Å². The molecule has 1 fully saturated rings. The number of anilines is 1. The van der Waals surface area contributed by atoms with Crippen molar-refractivity contribution in [3.8, 4) is 5.69 Å². The van der Waals surface area contributed by atoms with E-state index < -0.39 is 11.6 Å². The van der Waals surface area contributed by atoms with E-state index in [-0.39, 0.29) is 17.7 Å². The molecule has 0 radical (unpaired) electrons. The van der Waals surface area contributed by atoms with E-state index in [0.29, 0.717) is 42.4 Å². The molecule has 3 heterocycles. The van der Waals surface area contributed by atoms with Gasteiger partial charge in [0.25, 0.3) is 5.91 Å². The first-order valence-electron chi connectivity index (χ1n) is 11.0. The van der Waals surface area contributed by atoms with Gasteiger partial charge in [-0.3, -0.25) is 9.59 Å². The molecule has 2 aliphatic rings. The molecule has 1 aromatic carbocycles. The number of carbonyl (C=O) groups is 2. The van der Waals surface area contributed by atoms with Crippen LogP contribution in [-0.4, -0.2) is 44.6 Å². The number of amides is 2. The number of thiazole rings is 1. The molecule has 10 heteroatoms. The maximum absolute atomic E-state index is 13.8. The average Bonchev–Trinajstić information content (AvgIpc) is 3.52. The van der Waals surface area contributed by atoms with Crippen molar-refractivity contribution in [2.24, 2.45) is 5.92 Å². The van der Waals surface area contributed by atoms with Crippen LogP contribution in [-0.2, 0) is 17.6 Å². The monoisotopic (exact) mass is 471 g/mol. The van der Waals surface area contributed by atoms with Crippen molar-refractivity contribution >= 4 is 28.3 Å². The third-order valence-electron chi connectivity index (χ3n) is 6.28. The van der Waals surface area contributed by atoms with Crippen molar-refractivity contribution < 1.29 is 18.4 Å². The molecule has 5 rings (SSSR count). The number of halogens is 2. The van der Waals surface area contributed by atoms with E-state index in [0.717, 1.165) is 48.3 Å². The number of aromatic nitrogens is 3. The summed E-state index contributed by atoms with van der Waals surface area (Å²) < 4.78 is 28.7. The molecule has 0 unspecified atom stereocenters. The van der Waals surface area contributed by atoms with Gasteiger partial charge in [0, 0.05) is 41.7 Å². The van der Waals surface area contributed by atoms with Crippen LogP contribution in [0.2, 0.25) is 0 Å². The molecule has 0 spiro atoms. The van der Waals surface area contributed by atoms with Gasteiger partial charge in [-0.05, 0) is 51.2 Å². The zero-order valence-corrected chi connectivity index (χ0v) is 18.9. The first kappa shape index (κ1) is 21.7. The van der Waals surface area contributed by atoms with Gasteiger partial charge in [0.1, 0.15) is 0 Å². The lowest BCUT2D eigenvalue weighted by Gasteiger charge is -2.30. The molecule has 7 nitrogen and oxygen atoms in total. The van der Waals surface area contributed by atoms with E-state index in [1.165, 1.54) is 17.4 Å². The van der Waals surface area contributed by atoms with Crippen LogP contribution < -0.4 is 5.32 Å². The minimum Gasteiger partial charge on any atom is -0.337 e. The quantitative estimate of drug-likeness (QED) is 0.626. The number of aryl methyl sites for hydroxylation is 1. The summed E-state index contributed by atoms with van der Waals surface area (Å²) in [5.41, 5.74) is 3.39. The normalized spacial score (nSPS) is 16.2. The zero-order chi connectivity index (χ0) is 23.1. The molecular weight excluding hydrogens is 448 g/mol. The molecule has 1 saturated heterocycles. The lowest BCUT2D eigenvalue weighted by molar-refractivity contribution is -0.121. The molecule has 1 aliphatic carbocycles. The van der Waals surface area contributed by atoms with Crippen LogP contribution in [0.15, 0.2) is 23.6 Å². The number of fused-ring (bicyclic) bond motifs is 1. The largest absolute Gasteiger partial charge is 0.337 e. The van der Waals surface area contributed by atoms with Crippen molar-refractivity contribution in [1.82, 2.24) is 19.7 Å². The molecule has 3 aromatic rings. The minimum absolute atomic E-state index is 0.0695. The highest BCUT2D eigenvalue weighted by atomic mass is 32.1. The molecule has 2 aromatic heterocycles. The van der Waals surface area contributed by atoms with Crippen molar-refractivity contribution in [3.05, 3.63) is 57.9 Å². The van der Waals surface area contributed by atoms with Gasteiger partial charge < -0.3 is 10.2 Å². The second-order valence-corrected chi connectivity index (χ2v) is 9.35. The van der Waals surface area contributed by atoms with Crippen molar-refractivity contribution in [2.75, 3.05) is 18.4 Å². The number of likely N-dealkylation sites (tertiary alicyclic amines) is 1. The Balaban J connectivity index is 1.29. The van der Waals surface area contributed by atoms with Crippen LogP contribution in [0.4, 0.5) is 13.9 Å². The topological polar surface area (TPSA) is 80.1 Å². The Labute approximate surface area is 193 Å². The van der Waals surface area contributed by atoms with Crippen molar-refractivity contribution in [3.63, 3.8) is 0 Å². The molecule has 172 valence electrons. The fraction of sp³-hybridized carbons (Fsp3) is 0.391. The first-order chi connectivity index (χ1) is 15.9. The van der Waals surface area contributed by atoms with E-state index in [2.05, 4.69) is 15.4 Å². The Hall–Kier alpha value is -3.14. The SMILES string of the molecule is Cc1csc(NC(=O)C2CCN(C(=O)c3nn(-c4ccc(F)c(F)c4)c4c3CCC4)CC2)n1. The van der Waals surface area contributed by atoms with Gasteiger partial charge in [-0.15, -0.1) is 11.3 Å². The summed E-state index contributed by atoms with van der Waals surface area (Å²) in [6.45, 7) is 2.79. The maximum Gasteiger partial charge on any atom is 0.274 e. The molecule has 2 amide bonds. The summed E-state index contributed by atoms with van der Waals surface area (Å²) in [6.07, 6.45) is 3.47.